The summed E-state index contributed by atoms with van der Waals surface area (Å²) in [6.45, 7) is 0.963. The van der Waals surface area contributed by atoms with E-state index in [0.29, 0.717) is 31.1 Å². The zero-order valence-electron chi connectivity index (χ0n) is 12.3. The number of amides is 3. The zero-order chi connectivity index (χ0) is 16.1. The maximum absolute atomic E-state index is 12.3. The molecule has 1 aromatic carbocycles. The van der Waals surface area contributed by atoms with Crippen molar-refractivity contribution in [2.45, 2.75) is 6.23 Å². The first-order chi connectivity index (χ1) is 11.3. The molecule has 7 nitrogen and oxygen atoms in total. The fourth-order valence-corrected chi connectivity index (χ4v) is 2.26. The number of urea groups is 1. The van der Waals surface area contributed by atoms with Crippen molar-refractivity contribution in [2.24, 2.45) is 0 Å². The Bertz CT molecular complexity index is 665. The first kappa shape index (κ1) is 15.3. The first-order valence-electron chi connectivity index (χ1n) is 7.16. The van der Waals surface area contributed by atoms with Crippen LogP contribution < -0.4 is 5.32 Å². The van der Waals surface area contributed by atoms with Crippen LogP contribution in [-0.2, 0) is 14.3 Å². The van der Waals surface area contributed by atoms with Crippen molar-refractivity contribution in [2.75, 3.05) is 25.1 Å². The molecule has 0 spiro atoms. The van der Waals surface area contributed by atoms with E-state index < -0.39 is 12.3 Å². The summed E-state index contributed by atoms with van der Waals surface area (Å²) in [5.41, 5.74) is 1.37. The summed E-state index contributed by atoms with van der Waals surface area (Å²) in [5.74, 6) is 0.692. The van der Waals surface area contributed by atoms with Crippen LogP contribution in [-0.4, -0.2) is 43.4 Å². The van der Waals surface area contributed by atoms with Crippen LogP contribution in [0.15, 0.2) is 47.1 Å². The van der Waals surface area contributed by atoms with Crippen LogP contribution in [0.1, 0.15) is 0 Å². The lowest BCUT2D eigenvalue weighted by Crippen LogP contribution is -2.48. The molecule has 1 aromatic heterocycles. The molecule has 1 aliphatic rings. The van der Waals surface area contributed by atoms with Crippen molar-refractivity contribution in [3.05, 3.63) is 42.7 Å². The second kappa shape index (κ2) is 7.08. The van der Waals surface area contributed by atoms with Crippen molar-refractivity contribution in [1.29, 1.82) is 0 Å². The Morgan fingerprint density at radius 2 is 2.17 bits per heavy atom. The molecule has 2 heterocycles. The van der Waals surface area contributed by atoms with E-state index in [9.17, 15) is 9.59 Å². The van der Waals surface area contributed by atoms with Crippen LogP contribution in [0.3, 0.4) is 0 Å². The van der Waals surface area contributed by atoms with Gasteiger partial charge >= 0.3 is 6.03 Å². The second-order valence-electron chi connectivity index (χ2n) is 4.90. The quantitative estimate of drug-likeness (QED) is 0.875. The number of nitrogens with zero attached hydrogens (tertiary/aromatic N) is 1. The van der Waals surface area contributed by atoms with Gasteiger partial charge in [-0.05, 0) is 24.3 Å². The Kier molecular flexibility index (Phi) is 4.70. The highest BCUT2D eigenvalue weighted by atomic mass is 16.6. The Hall–Kier alpha value is -2.64. The van der Waals surface area contributed by atoms with Gasteiger partial charge in [-0.1, -0.05) is 12.1 Å². The number of carbonyl (C=O) groups excluding carboxylic acids is 2. The van der Waals surface area contributed by atoms with E-state index >= 15 is 0 Å². The monoisotopic (exact) mass is 316 g/mol. The number of nitrogens with one attached hydrogen (secondary N) is 1. The predicted molar refractivity (Wildman–Crippen MR) is 81.6 cm³/mol. The average molecular weight is 316 g/mol. The number of benzene rings is 1. The van der Waals surface area contributed by atoms with Gasteiger partial charge in [-0.15, -0.1) is 0 Å². The molecular weight excluding hydrogens is 300 g/mol. The van der Waals surface area contributed by atoms with Crippen LogP contribution in [0.4, 0.5) is 10.5 Å². The standard InChI is InChI=1S/C16H16N2O5/c19-11-18(15-10-21-7-8-23-15)16(20)17-13-4-1-3-12(9-13)14-5-2-6-22-14/h1-6,9,11,15H,7-8,10H2,(H,17,20). The van der Waals surface area contributed by atoms with Gasteiger partial charge < -0.3 is 19.2 Å². The molecule has 1 saturated heterocycles. The van der Waals surface area contributed by atoms with Gasteiger partial charge in [-0.3, -0.25) is 4.79 Å². The summed E-state index contributed by atoms with van der Waals surface area (Å²) in [7, 11) is 0. The smallest absolute Gasteiger partial charge is 0.330 e. The summed E-state index contributed by atoms with van der Waals surface area (Å²) in [6, 6.07) is 10.2. The lowest BCUT2D eigenvalue weighted by molar-refractivity contribution is -0.151. The van der Waals surface area contributed by atoms with Crippen molar-refractivity contribution >= 4 is 18.1 Å². The highest BCUT2D eigenvalue weighted by Crippen LogP contribution is 2.23. The van der Waals surface area contributed by atoms with Gasteiger partial charge in [-0.2, -0.15) is 0 Å². The van der Waals surface area contributed by atoms with Gasteiger partial charge in [0.05, 0.1) is 26.1 Å². The number of ether oxygens (including phenoxy) is 2. The molecule has 1 fully saturated rings. The summed E-state index contributed by atoms with van der Waals surface area (Å²) in [6.07, 6.45) is 1.30. The van der Waals surface area contributed by atoms with Crippen LogP contribution in [0.2, 0.25) is 0 Å². The Labute approximate surface area is 132 Å². The fourth-order valence-electron chi connectivity index (χ4n) is 2.26. The van der Waals surface area contributed by atoms with Crippen molar-refractivity contribution in [3.8, 4) is 11.3 Å². The van der Waals surface area contributed by atoms with Crippen molar-refractivity contribution in [3.63, 3.8) is 0 Å². The van der Waals surface area contributed by atoms with Gasteiger partial charge in [-0.25, -0.2) is 9.69 Å². The van der Waals surface area contributed by atoms with Gasteiger partial charge in [0.1, 0.15) is 5.76 Å². The third-order valence-corrected chi connectivity index (χ3v) is 3.38. The molecule has 1 aliphatic heterocycles. The molecule has 23 heavy (non-hydrogen) atoms. The van der Waals surface area contributed by atoms with E-state index in [4.69, 9.17) is 13.9 Å². The minimum Gasteiger partial charge on any atom is -0.464 e. The number of imide groups is 1. The fraction of sp³-hybridized carbons (Fsp3) is 0.250. The highest BCUT2D eigenvalue weighted by molar-refractivity contribution is 5.96. The van der Waals surface area contributed by atoms with Gasteiger partial charge in [0.25, 0.3) is 0 Å². The molecule has 7 heteroatoms. The predicted octanol–water partition coefficient (Wildman–Crippen LogP) is 2.31. The molecule has 120 valence electrons. The summed E-state index contributed by atoms with van der Waals surface area (Å²) >= 11 is 0. The number of anilines is 1. The number of furan rings is 1. The topological polar surface area (TPSA) is 81.0 Å². The van der Waals surface area contributed by atoms with E-state index in [0.717, 1.165) is 10.5 Å². The molecule has 3 amide bonds. The molecule has 0 bridgehead atoms. The van der Waals surface area contributed by atoms with Gasteiger partial charge in [0.15, 0.2) is 6.23 Å². The second-order valence-corrected chi connectivity index (χ2v) is 4.90. The number of hydrogen-bond acceptors (Lipinski definition) is 5. The van der Waals surface area contributed by atoms with E-state index in [1.54, 1.807) is 30.5 Å². The van der Waals surface area contributed by atoms with E-state index in [1.165, 1.54) is 0 Å². The lowest BCUT2D eigenvalue weighted by atomic mass is 10.1. The summed E-state index contributed by atoms with van der Waals surface area (Å²) in [5, 5.41) is 2.67. The first-order valence-corrected chi connectivity index (χ1v) is 7.16. The molecule has 0 radical (unpaired) electrons. The number of rotatable bonds is 4. The van der Waals surface area contributed by atoms with Crippen molar-refractivity contribution in [1.82, 2.24) is 4.90 Å². The van der Waals surface area contributed by atoms with Gasteiger partial charge in [0, 0.05) is 11.3 Å². The Morgan fingerprint density at radius 3 is 2.87 bits per heavy atom. The molecular formula is C16H16N2O5. The van der Waals surface area contributed by atoms with Crippen LogP contribution in [0, 0.1) is 0 Å². The van der Waals surface area contributed by atoms with E-state index in [1.807, 2.05) is 12.1 Å². The number of hydrogen-bond donors (Lipinski definition) is 1. The normalized spacial score (nSPS) is 17.5. The van der Waals surface area contributed by atoms with Crippen molar-refractivity contribution < 1.29 is 23.5 Å². The maximum Gasteiger partial charge on any atom is 0.330 e. The summed E-state index contributed by atoms with van der Waals surface area (Å²) in [4.78, 5) is 24.4. The minimum atomic E-state index is -0.713. The minimum absolute atomic E-state index is 0.165. The van der Waals surface area contributed by atoms with E-state index in [-0.39, 0.29) is 6.61 Å². The zero-order valence-corrected chi connectivity index (χ0v) is 12.3. The van der Waals surface area contributed by atoms with Gasteiger partial charge in [0.2, 0.25) is 6.41 Å². The number of carbonyl (C=O) groups is 2. The SMILES string of the molecule is O=CN(C(=O)Nc1cccc(-c2ccco2)c1)C1COCCO1. The van der Waals surface area contributed by atoms with E-state index in [2.05, 4.69) is 5.32 Å². The average Bonchev–Trinajstić information content (AvgIpc) is 3.11. The van der Waals surface area contributed by atoms with Crippen LogP contribution >= 0.6 is 0 Å². The third kappa shape index (κ3) is 3.58. The molecule has 3 rings (SSSR count). The van der Waals surface area contributed by atoms with Crippen LogP contribution in [0.25, 0.3) is 11.3 Å². The summed E-state index contributed by atoms with van der Waals surface area (Å²) < 4.78 is 15.9. The molecule has 0 aliphatic carbocycles. The Balaban J connectivity index is 1.71. The third-order valence-electron chi connectivity index (χ3n) is 3.38. The molecule has 0 saturated carbocycles. The molecule has 2 aromatic rings. The van der Waals surface area contributed by atoms with Crippen LogP contribution in [0.5, 0.6) is 0 Å². The maximum atomic E-state index is 12.3. The Morgan fingerprint density at radius 1 is 1.26 bits per heavy atom. The lowest BCUT2D eigenvalue weighted by Gasteiger charge is -2.29. The molecule has 1 unspecified atom stereocenters. The molecule has 1 atom stereocenters. The largest absolute Gasteiger partial charge is 0.464 e. The highest BCUT2D eigenvalue weighted by Gasteiger charge is 2.26. The molecule has 1 N–H and O–H groups in total.